The number of benzene rings is 1. The molecule has 18 heavy (non-hydrogen) atoms. The van der Waals surface area contributed by atoms with E-state index in [1.54, 1.807) is 17.4 Å². The molecule has 0 radical (unpaired) electrons. The van der Waals surface area contributed by atoms with Gasteiger partial charge < -0.3 is 11.5 Å². The van der Waals surface area contributed by atoms with E-state index < -0.39 is 0 Å². The van der Waals surface area contributed by atoms with Crippen LogP contribution in [0.5, 0.6) is 0 Å². The zero-order valence-electron chi connectivity index (χ0n) is 10.3. The van der Waals surface area contributed by atoms with Crippen molar-refractivity contribution < 1.29 is 4.39 Å². The molecule has 0 fully saturated rings. The lowest BCUT2D eigenvalue weighted by atomic mass is 9.78. The monoisotopic (exact) mass is 264 g/mol. The summed E-state index contributed by atoms with van der Waals surface area (Å²) in [4.78, 5) is 1.23. The van der Waals surface area contributed by atoms with Gasteiger partial charge in [0.05, 0.1) is 0 Å². The number of nitrogen functional groups attached to an aromatic ring is 1. The Kier molecular flexibility index (Phi) is 3.68. The van der Waals surface area contributed by atoms with Gasteiger partial charge >= 0.3 is 0 Å². The molecule has 4 N–H and O–H groups in total. The predicted octanol–water partition coefficient (Wildman–Crippen LogP) is 2.93. The van der Waals surface area contributed by atoms with Crippen LogP contribution in [0.25, 0.3) is 0 Å². The lowest BCUT2D eigenvalue weighted by Crippen LogP contribution is -2.34. The largest absolute Gasteiger partial charge is 0.398 e. The Bertz CT molecular complexity index is 525. The summed E-state index contributed by atoms with van der Waals surface area (Å²) in [5.74, 6) is -0.273. The Morgan fingerprint density at radius 2 is 2.11 bits per heavy atom. The van der Waals surface area contributed by atoms with Crippen LogP contribution in [0, 0.1) is 5.82 Å². The van der Waals surface area contributed by atoms with Gasteiger partial charge in [-0.2, -0.15) is 0 Å². The second-order valence-corrected chi connectivity index (χ2v) is 5.78. The average molecular weight is 264 g/mol. The van der Waals surface area contributed by atoms with Crippen LogP contribution in [0.2, 0.25) is 0 Å². The van der Waals surface area contributed by atoms with E-state index in [2.05, 4.69) is 6.07 Å². The van der Waals surface area contributed by atoms with E-state index in [4.69, 9.17) is 11.5 Å². The fraction of sp³-hybridized carbons (Fsp3) is 0.286. The number of anilines is 1. The van der Waals surface area contributed by atoms with Crippen molar-refractivity contribution in [3.63, 3.8) is 0 Å². The molecule has 1 aromatic heterocycles. The summed E-state index contributed by atoms with van der Waals surface area (Å²) in [6.45, 7) is 2.45. The summed E-state index contributed by atoms with van der Waals surface area (Å²) < 4.78 is 13.4. The van der Waals surface area contributed by atoms with E-state index in [1.807, 2.05) is 18.4 Å². The molecule has 1 unspecified atom stereocenters. The SMILES string of the molecule is CC(CN)(Cc1cccs1)c1cc(F)ccc1N. The molecule has 0 amide bonds. The molecular weight excluding hydrogens is 247 g/mol. The quantitative estimate of drug-likeness (QED) is 0.834. The first kappa shape index (κ1) is 13.1. The second-order valence-electron chi connectivity index (χ2n) is 4.75. The summed E-state index contributed by atoms with van der Waals surface area (Å²) in [6.07, 6.45) is 0.773. The zero-order valence-corrected chi connectivity index (χ0v) is 11.1. The topological polar surface area (TPSA) is 52.0 Å². The molecule has 0 saturated carbocycles. The van der Waals surface area contributed by atoms with Crippen molar-refractivity contribution in [2.45, 2.75) is 18.8 Å². The van der Waals surface area contributed by atoms with Crippen molar-refractivity contribution in [2.24, 2.45) is 5.73 Å². The van der Waals surface area contributed by atoms with Gasteiger partial charge in [0.15, 0.2) is 0 Å². The lowest BCUT2D eigenvalue weighted by Gasteiger charge is -2.29. The maximum absolute atomic E-state index is 13.4. The Hall–Kier alpha value is -1.39. The number of hydrogen-bond donors (Lipinski definition) is 2. The molecule has 0 spiro atoms. The Morgan fingerprint density at radius 3 is 2.72 bits per heavy atom. The number of rotatable bonds is 4. The zero-order chi connectivity index (χ0) is 13.2. The van der Waals surface area contributed by atoms with E-state index in [0.717, 1.165) is 12.0 Å². The molecule has 2 aromatic rings. The molecule has 0 aliphatic carbocycles. The van der Waals surface area contributed by atoms with Crippen LogP contribution in [-0.4, -0.2) is 6.54 Å². The van der Waals surface area contributed by atoms with Crippen LogP contribution in [0.15, 0.2) is 35.7 Å². The molecule has 2 rings (SSSR count). The molecule has 0 saturated heterocycles. The van der Waals surface area contributed by atoms with Crippen LogP contribution in [-0.2, 0) is 11.8 Å². The van der Waals surface area contributed by atoms with Gasteiger partial charge in [0.1, 0.15) is 5.82 Å². The molecule has 0 aliphatic heterocycles. The van der Waals surface area contributed by atoms with Gasteiger partial charge in [-0.3, -0.25) is 0 Å². The van der Waals surface area contributed by atoms with E-state index in [1.165, 1.54) is 17.0 Å². The molecule has 2 nitrogen and oxygen atoms in total. The summed E-state index contributed by atoms with van der Waals surface area (Å²) in [7, 11) is 0. The Morgan fingerprint density at radius 1 is 1.33 bits per heavy atom. The highest BCUT2D eigenvalue weighted by atomic mass is 32.1. The minimum atomic E-state index is -0.336. The highest BCUT2D eigenvalue weighted by Crippen LogP contribution is 2.33. The third-order valence-electron chi connectivity index (χ3n) is 3.26. The molecule has 4 heteroatoms. The van der Waals surface area contributed by atoms with Gasteiger partial charge in [0, 0.05) is 22.5 Å². The van der Waals surface area contributed by atoms with Crippen molar-refractivity contribution in [1.29, 1.82) is 0 Å². The van der Waals surface area contributed by atoms with Gasteiger partial charge in [-0.1, -0.05) is 13.0 Å². The summed E-state index contributed by atoms with van der Waals surface area (Å²) in [5.41, 5.74) is 12.9. The van der Waals surface area contributed by atoms with Crippen LogP contribution >= 0.6 is 11.3 Å². The van der Waals surface area contributed by atoms with Gasteiger partial charge in [0.25, 0.3) is 0 Å². The fourth-order valence-electron chi connectivity index (χ4n) is 2.13. The standard InChI is InChI=1S/C14H17FN2S/c1-14(9-16,8-11-3-2-6-18-11)12-7-10(15)4-5-13(12)17/h2-7H,8-9,16-17H2,1H3. The van der Waals surface area contributed by atoms with Gasteiger partial charge in [-0.15, -0.1) is 11.3 Å². The van der Waals surface area contributed by atoms with E-state index >= 15 is 0 Å². The van der Waals surface area contributed by atoms with Crippen molar-refractivity contribution in [3.05, 3.63) is 52.0 Å². The average Bonchev–Trinajstić information content (AvgIpc) is 2.84. The summed E-state index contributed by atoms with van der Waals surface area (Å²) >= 11 is 1.68. The number of hydrogen-bond acceptors (Lipinski definition) is 3. The van der Waals surface area contributed by atoms with Gasteiger partial charge in [-0.25, -0.2) is 4.39 Å². The van der Waals surface area contributed by atoms with Gasteiger partial charge in [0.2, 0.25) is 0 Å². The Balaban J connectivity index is 2.39. The minimum Gasteiger partial charge on any atom is -0.398 e. The lowest BCUT2D eigenvalue weighted by molar-refractivity contribution is 0.482. The molecule has 1 aromatic carbocycles. The first-order valence-corrected chi connectivity index (χ1v) is 6.71. The van der Waals surface area contributed by atoms with Crippen molar-refractivity contribution in [2.75, 3.05) is 12.3 Å². The maximum atomic E-state index is 13.4. The van der Waals surface area contributed by atoms with Crippen LogP contribution < -0.4 is 11.5 Å². The highest BCUT2D eigenvalue weighted by molar-refractivity contribution is 7.09. The third kappa shape index (κ3) is 2.54. The smallest absolute Gasteiger partial charge is 0.123 e. The van der Waals surface area contributed by atoms with Crippen LogP contribution in [0.1, 0.15) is 17.4 Å². The fourth-order valence-corrected chi connectivity index (χ4v) is 3.02. The number of halogens is 1. The predicted molar refractivity (Wildman–Crippen MR) is 75.2 cm³/mol. The van der Waals surface area contributed by atoms with Crippen molar-refractivity contribution in [1.82, 2.24) is 0 Å². The molecule has 0 bridgehead atoms. The number of nitrogens with two attached hydrogens (primary N) is 2. The highest BCUT2D eigenvalue weighted by Gasteiger charge is 2.28. The first-order chi connectivity index (χ1) is 8.55. The van der Waals surface area contributed by atoms with E-state index in [0.29, 0.717) is 12.2 Å². The van der Waals surface area contributed by atoms with Crippen LogP contribution in [0.3, 0.4) is 0 Å². The van der Waals surface area contributed by atoms with E-state index in [-0.39, 0.29) is 11.2 Å². The molecule has 96 valence electrons. The summed E-state index contributed by atoms with van der Waals surface area (Å²) in [6, 6.07) is 8.55. The molecule has 0 aliphatic rings. The van der Waals surface area contributed by atoms with Crippen LogP contribution in [0.4, 0.5) is 10.1 Å². The van der Waals surface area contributed by atoms with E-state index in [9.17, 15) is 4.39 Å². The third-order valence-corrected chi connectivity index (χ3v) is 4.14. The molecular formula is C14H17FN2S. The van der Waals surface area contributed by atoms with Gasteiger partial charge in [-0.05, 0) is 41.6 Å². The first-order valence-electron chi connectivity index (χ1n) is 5.83. The van der Waals surface area contributed by atoms with Crippen molar-refractivity contribution in [3.8, 4) is 0 Å². The molecule has 1 atom stereocenters. The minimum absolute atomic E-state index is 0.273. The summed E-state index contributed by atoms with van der Waals surface area (Å²) in [5, 5.41) is 2.03. The maximum Gasteiger partial charge on any atom is 0.123 e. The second kappa shape index (κ2) is 5.08. The van der Waals surface area contributed by atoms with Crippen molar-refractivity contribution >= 4 is 17.0 Å². The molecule has 1 heterocycles. The number of thiophene rings is 1. The Labute approximate surface area is 110 Å². The normalized spacial score (nSPS) is 14.4.